The van der Waals surface area contributed by atoms with E-state index in [0.29, 0.717) is 25.0 Å². The predicted octanol–water partition coefficient (Wildman–Crippen LogP) is 5.76. The third-order valence-corrected chi connectivity index (χ3v) is 10.2. The molecule has 2 bridgehead atoms. The minimum atomic E-state index is -0.568. The van der Waals surface area contributed by atoms with Gasteiger partial charge in [0.25, 0.3) is 0 Å². The van der Waals surface area contributed by atoms with Crippen LogP contribution in [0, 0.1) is 5.92 Å². The summed E-state index contributed by atoms with van der Waals surface area (Å²) in [5, 5.41) is 0. The summed E-state index contributed by atoms with van der Waals surface area (Å²) in [6, 6.07) is 18.6. The number of aromatic nitrogens is 1. The summed E-state index contributed by atoms with van der Waals surface area (Å²) in [7, 11) is -0.568. The van der Waals surface area contributed by atoms with Crippen LogP contribution in [0.1, 0.15) is 80.8 Å². The number of Topliss-reactive ketones (excluding diaryl/α,β-unsaturated/α-hetero) is 1. The lowest BCUT2D eigenvalue weighted by Crippen LogP contribution is -2.48. The zero-order chi connectivity index (χ0) is 29.2. The normalized spacial score (nSPS) is 25.3. The van der Waals surface area contributed by atoms with Crippen LogP contribution in [0.3, 0.4) is 0 Å². The van der Waals surface area contributed by atoms with Gasteiger partial charge in [-0.3, -0.25) is 9.78 Å². The Morgan fingerprint density at radius 3 is 2.07 bits per heavy atom. The van der Waals surface area contributed by atoms with Gasteiger partial charge in [-0.05, 0) is 81.7 Å². The molecule has 4 aliphatic rings. The summed E-state index contributed by atoms with van der Waals surface area (Å²) in [5.74, 6) is -0.0534. The third-order valence-electron chi connectivity index (χ3n) is 10.2. The number of hydrogen-bond acceptors (Lipinski definition) is 6. The quantitative estimate of drug-likeness (QED) is 0.290. The van der Waals surface area contributed by atoms with Crippen LogP contribution >= 0.6 is 0 Å². The Balaban J connectivity index is 1.02. The first-order chi connectivity index (χ1) is 20.1. The highest BCUT2D eigenvalue weighted by Gasteiger charge is 2.52. The van der Waals surface area contributed by atoms with Gasteiger partial charge < -0.3 is 18.9 Å². The van der Waals surface area contributed by atoms with Crippen LogP contribution in [-0.4, -0.2) is 58.8 Å². The smallest absolute Gasteiger partial charge is 0.448 e. The summed E-state index contributed by atoms with van der Waals surface area (Å²) >= 11 is 0. The molecule has 0 saturated carbocycles. The number of amides is 1. The molecule has 0 N–H and O–H groups in total. The van der Waals surface area contributed by atoms with Crippen molar-refractivity contribution in [2.24, 2.45) is 5.92 Å². The van der Waals surface area contributed by atoms with Crippen LogP contribution in [-0.2, 0) is 14.0 Å². The fourth-order valence-corrected chi connectivity index (χ4v) is 7.29. The molecule has 1 aliphatic carbocycles. The maximum absolute atomic E-state index is 13.7. The summed E-state index contributed by atoms with van der Waals surface area (Å²) in [5.41, 5.74) is 5.22. The fourth-order valence-electron chi connectivity index (χ4n) is 7.29. The van der Waals surface area contributed by atoms with Crippen molar-refractivity contribution >= 4 is 24.5 Å². The number of pyridine rings is 1. The van der Waals surface area contributed by atoms with Crippen LogP contribution in [0.25, 0.3) is 11.1 Å². The Bertz CT molecular complexity index is 1480. The average molecular weight is 564 g/mol. The monoisotopic (exact) mass is 564 g/mol. The van der Waals surface area contributed by atoms with E-state index in [-0.39, 0.29) is 35.8 Å². The molecule has 7 rings (SSSR count). The third kappa shape index (κ3) is 4.47. The first-order valence-electron chi connectivity index (χ1n) is 15.1. The van der Waals surface area contributed by atoms with E-state index in [9.17, 15) is 9.59 Å². The van der Waals surface area contributed by atoms with Crippen molar-refractivity contribution in [3.05, 3.63) is 83.7 Å². The van der Waals surface area contributed by atoms with Gasteiger partial charge >= 0.3 is 13.2 Å². The largest absolute Gasteiger partial charge is 0.496 e. The number of fused-ring (bicyclic) bond motifs is 5. The standard InChI is InChI=1S/C34H37BN2O5/c1-33(2)34(3,4)42-35(41-33)23-15-22(18-36-19-23)31(38)21-16-24-13-14-25(17-21)37(24)32(39)40-20-30-28-11-7-5-9-26(28)27-10-6-8-12-29(27)30/h5-12,15,18-19,21,24-25,30H,13-14,16-17,20H2,1-4H3. The maximum Gasteiger partial charge on any atom is 0.496 e. The summed E-state index contributed by atoms with van der Waals surface area (Å²) < 4.78 is 18.4. The lowest BCUT2D eigenvalue weighted by Gasteiger charge is -2.37. The Morgan fingerprint density at radius 1 is 0.905 bits per heavy atom. The van der Waals surface area contributed by atoms with Crippen molar-refractivity contribution < 1.29 is 23.6 Å². The topological polar surface area (TPSA) is 78.0 Å². The van der Waals surface area contributed by atoms with E-state index in [4.69, 9.17) is 14.0 Å². The molecule has 0 radical (unpaired) electrons. The molecule has 3 aromatic rings. The van der Waals surface area contributed by atoms with Gasteiger partial charge in [0.1, 0.15) is 6.61 Å². The van der Waals surface area contributed by atoms with E-state index in [1.54, 1.807) is 12.4 Å². The molecule has 2 atom stereocenters. The molecular weight excluding hydrogens is 527 g/mol. The minimum absolute atomic E-state index is 0.00703. The molecule has 1 amide bonds. The Labute approximate surface area is 247 Å². The number of piperidine rings is 1. The molecule has 3 aliphatic heterocycles. The summed E-state index contributed by atoms with van der Waals surface area (Å²) in [4.78, 5) is 33.4. The van der Waals surface area contributed by atoms with Crippen LogP contribution < -0.4 is 5.46 Å². The van der Waals surface area contributed by atoms with Gasteiger partial charge in [-0.2, -0.15) is 0 Å². The second kappa shape index (κ2) is 10.1. The maximum atomic E-state index is 13.7. The van der Waals surface area contributed by atoms with Crippen LogP contribution in [0.5, 0.6) is 0 Å². The van der Waals surface area contributed by atoms with Gasteiger partial charge in [0.15, 0.2) is 5.78 Å². The lowest BCUT2D eigenvalue weighted by atomic mass is 9.78. The van der Waals surface area contributed by atoms with Crippen molar-refractivity contribution in [3.63, 3.8) is 0 Å². The molecule has 8 heteroatoms. The Morgan fingerprint density at radius 2 is 1.48 bits per heavy atom. The summed E-state index contributed by atoms with van der Waals surface area (Å²) in [6.07, 6.45) is 6.15. The van der Waals surface area contributed by atoms with Gasteiger partial charge in [-0.15, -0.1) is 0 Å². The molecule has 7 nitrogen and oxygen atoms in total. The number of ether oxygens (including phenoxy) is 1. The molecule has 2 unspecified atom stereocenters. The summed E-state index contributed by atoms with van der Waals surface area (Å²) in [6.45, 7) is 8.35. The second-order valence-corrected chi connectivity index (χ2v) is 13.2. The molecule has 0 spiro atoms. The van der Waals surface area contributed by atoms with Crippen molar-refractivity contribution in [3.8, 4) is 11.1 Å². The predicted molar refractivity (Wildman–Crippen MR) is 161 cm³/mol. The van der Waals surface area contributed by atoms with Gasteiger partial charge in [0.2, 0.25) is 0 Å². The zero-order valence-electron chi connectivity index (χ0n) is 24.7. The van der Waals surface area contributed by atoms with Crippen LogP contribution in [0.15, 0.2) is 67.0 Å². The van der Waals surface area contributed by atoms with E-state index in [1.807, 2.05) is 50.8 Å². The van der Waals surface area contributed by atoms with Crippen LogP contribution in [0.4, 0.5) is 4.79 Å². The molecule has 3 saturated heterocycles. The van der Waals surface area contributed by atoms with Crippen molar-refractivity contribution in [2.45, 2.75) is 82.6 Å². The highest BCUT2D eigenvalue weighted by atomic mass is 16.7. The first kappa shape index (κ1) is 27.4. The Hall–Kier alpha value is -3.49. The number of nitrogens with zero attached hydrogens (tertiary/aromatic N) is 2. The molecular formula is C34H37BN2O5. The molecule has 42 heavy (non-hydrogen) atoms. The van der Waals surface area contributed by atoms with E-state index in [1.165, 1.54) is 22.3 Å². The highest BCUT2D eigenvalue weighted by Crippen LogP contribution is 2.45. The van der Waals surface area contributed by atoms with E-state index in [2.05, 4.69) is 41.4 Å². The molecule has 2 aromatic carbocycles. The first-order valence-corrected chi connectivity index (χ1v) is 15.1. The highest BCUT2D eigenvalue weighted by molar-refractivity contribution is 6.62. The second-order valence-electron chi connectivity index (χ2n) is 13.2. The van der Waals surface area contributed by atoms with Crippen molar-refractivity contribution in [2.75, 3.05) is 6.61 Å². The van der Waals surface area contributed by atoms with Gasteiger partial charge in [-0.25, -0.2) is 4.79 Å². The molecule has 1 aromatic heterocycles. The minimum Gasteiger partial charge on any atom is -0.448 e. The SMILES string of the molecule is CC1(C)OB(c2cncc(C(=O)C3CC4CCC(C3)N4C(=O)OCC3c4ccccc4-c4ccccc43)c2)OC1(C)C. The van der Waals surface area contributed by atoms with Gasteiger partial charge in [0, 0.05) is 47.3 Å². The lowest BCUT2D eigenvalue weighted by molar-refractivity contribution is 0.00578. The van der Waals surface area contributed by atoms with Crippen LogP contribution in [0.2, 0.25) is 0 Å². The number of ketones is 1. The molecule has 3 fully saturated rings. The van der Waals surface area contributed by atoms with Gasteiger partial charge in [0.05, 0.1) is 11.2 Å². The van der Waals surface area contributed by atoms with Crippen molar-refractivity contribution in [1.82, 2.24) is 9.88 Å². The average Bonchev–Trinajstić information content (AvgIpc) is 3.53. The zero-order valence-corrected chi connectivity index (χ0v) is 24.7. The number of rotatable bonds is 5. The van der Waals surface area contributed by atoms with E-state index < -0.39 is 18.3 Å². The Kier molecular flexibility index (Phi) is 6.55. The van der Waals surface area contributed by atoms with Gasteiger partial charge in [-0.1, -0.05) is 48.5 Å². The fraction of sp³-hybridized carbons (Fsp3) is 0.441. The van der Waals surface area contributed by atoms with E-state index >= 15 is 0 Å². The molecule has 4 heterocycles. The molecule has 216 valence electrons. The number of carbonyl (C=O) groups excluding carboxylic acids is 2. The van der Waals surface area contributed by atoms with E-state index in [0.717, 1.165) is 18.3 Å². The number of carbonyl (C=O) groups is 2. The van der Waals surface area contributed by atoms with Crippen molar-refractivity contribution in [1.29, 1.82) is 0 Å². The number of benzene rings is 2. The number of hydrogen-bond donors (Lipinski definition) is 0.